The second kappa shape index (κ2) is 4.48. The van der Waals surface area contributed by atoms with E-state index in [2.05, 4.69) is 0 Å². The Morgan fingerprint density at radius 1 is 1.35 bits per heavy atom. The molecule has 0 spiro atoms. The fourth-order valence-electron chi connectivity index (χ4n) is 1.79. The van der Waals surface area contributed by atoms with Crippen LogP contribution in [0.3, 0.4) is 0 Å². The zero-order valence-corrected chi connectivity index (χ0v) is 10.1. The Morgan fingerprint density at radius 2 is 2.00 bits per heavy atom. The number of Topliss-reactive ketones (excluding diaryl/α,β-unsaturated/α-hetero) is 1. The van der Waals surface area contributed by atoms with Crippen LogP contribution in [0.4, 0.5) is 13.6 Å². The first-order valence-corrected chi connectivity index (χ1v) is 5.38. The van der Waals surface area contributed by atoms with Crippen LogP contribution in [0.2, 0.25) is 0 Å². The third-order valence-corrected chi connectivity index (χ3v) is 2.86. The number of carbonyl (C=O) groups is 2. The Balaban J connectivity index is 2.40. The Hall–Kier alpha value is -2.64. The van der Waals surface area contributed by atoms with Crippen LogP contribution in [0.1, 0.15) is 12.5 Å². The number of nitrogens with one attached hydrogen (secondary N) is 1. The fourth-order valence-corrected chi connectivity index (χ4v) is 1.79. The average Bonchev–Trinajstić information content (AvgIpc) is 2.58. The van der Waals surface area contributed by atoms with Crippen molar-refractivity contribution in [3.63, 3.8) is 0 Å². The largest absolute Gasteiger partial charge is 0.501 e. The van der Waals surface area contributed by atoms with Crippen molar-refractivity contribution >= 4 is 11.9 Å². The van der Waals surface area contributed by atoms with Crippen molar-refractivity contribution < 1.29 is 33.3 Å². The summed E-state index contributed by atoms with van der Waals surface area (Å²) in [5.74, 6) is -4.86. The first-order valence-electron chi connectivity index (χ1n) is 5.38. The molecule has 106 valence electrons. The van der Waals surface area contributed by atoms with Gasteiger partial charge in [0.15, 0.2) is 17.2 Å². The number of ketones is 1. The second-order valence-electron chi connectivity index (χ2n) is 4.20. The van der Waals surface area contributed by atoms with Crippen LogP contribution in [-0.2, 0) is 15.1 Å². The van der Waals surface area contributed by atoms with Gasteiger partial charge in [-0.15, -0.1) is 0 Å². The molecule has 0 radical (unpaired) electrons. The van der Waals surface area contributed by atoms with Crippen molar-refractivity contribution in [1.82, 2.24) is 5.32 Å². The number of amides is 1. The summed E-state index contributed by atoms with van der Waals surface area (Å²) in [5, 5.41) is 19.8. The summed E-state index contributed by atoms with van der Waals surface area (Å²) in [5.41, 5.74) is -1.90. The number of benzene rings is 1. The second-order valence-corrected chi connectivity index (χ2v) is 4.20. The van der Waals surface area contributed by atoms with Gasteiger partial charge in [0.25, 0.3) is 5.78 Å². The van der Waals surface area contributed by atoms with Gasteiger partial charge < -0.3 is 14.9 Å². The molecule has 20 heavy (non-hydrogen) atoms. The molecule has 1 amide bonds. The Labute approximate surface area is 111 Å². The highest BCUT2D eigenvalue weighted by atomic mass is 19.2. The highest BCUT2D eigenvalue weighted by molar-refractivity contribution is 6.03. The Bertz CT molecular complexity index is 643. The SMILES string of the molecule is CC1(c2ccc(F)c(F)c2)OC(NC(=O)O)=C(O)C1=O. The standard InChI is InChI=1S/C12H9F2NO5/c1-12(5-2-3-6(13)7(14)4-5)9(17)8(16)10(20-12)15-11(18)19/h2-4,15-16H,1H3,(H,18,19). The monoisotopic (exact) mass is 285 g/mol. The smallest absolute Gasteiger partial charge is 0.411 e. The lowest BCUT2D eigenvalue weighted by atomic mass is 9.91. The molecule has 0 bridgehead atoms. The van der Waals surface area contributed by atoms with Crippen molar-refractivity contribution in [2.45, 2.75) is 12.5 Å². The van der Waals surface area contributed by atoms with E-state index in [-0.39, 0.29) is 5.56 Å². The van der Waals surface area contributed by atoms with Gasteiger partial charge in [0, 0.05) is 5.56 Å². The van der Waals surface area contributed by atoms with Crippen molar-refractivity contribution in [3.8, 4) is 0 Å². The zero-order chi connectivity index (χ0) is 15.1. The first kappa shape index (κ1) is 13.8. The number of hydrogen-bond donors (Lipinski definition) is 3. The summed E-state index contributed by atoms with van der Waals surface area (Å²) in [7, 11) is 0. The van der Waals surface area contributed by atoms with Gasteiger partial charge in [-0.2, -0.15) is 0 Å². The topological polar surface area (TPSA) is 95.9 Å². The number of carbonyl (C=O) groups excluding carboxylic acids is 1. The van der Waals surface area contributed by atoms with Crippen LogP contribution in [0.25, 0.3) is 0 Å². The highest BCUT2D eigenvalue weighted by Gasteiger charge is 2.48. The van der Waals surface area contributed by atoms with E-state index in [0.717, 1.165) is 18.2 Å². The molecule has 0 aliphatic carbocycles. The minimum absolute atomic E-state index is 0.0601. The van der Waals surface area contributed by atoms with E-state index in [4.69, 9.17) is 9.84 Å². The number of rotatable bonds is 2. The maximum Gasteiger partial charge on any atom is 0.411 e. The lowest BCUT2D eigenvalue weighted by Crippen LogP contribution is -2.32. The summed E-state index contributed by atoms with van der Waals surface area (Å²) in [6.07, 6.45) is -1.55. The Kier molecular flexibility index (Phi) is 3.09. The van der Waals surface area contributed by atoms with E-state index in [0.29, 0.717) is 0 Å². The summed E-state index contributed by atoms with van der Waals surface area (Å²) in [4.78, 5) is 22.4. The molecule has 1 aromatic carbocycles. The molecule has 1 unspecified atom stereocenters. The number of aliphatic hydroxyl groups excluding tert-OH is 1. The average molecular weight is 285 g/mol. The van der Waals surface area contributed by atoms with Gasteiger partial charge in [0.1, 0.15) is 0 Å². The van der Waals surface area contributed by atoms with Crippen molar-refractivity contribution in [2.24, 2.45) is 0 Å². The van der Waals surface area contributed by atoms with Gasteiger partial charge in [-0.1, -0.05) is 6.07 Å². The van der Waals surface area contributed by atoms with Crippen LogP contribution in [0.5, 0.6) is 0 Å². The molecule has 2 rings (SSSR count). The molecule has 0 saturated heterocycles. The van der Waals surface area contributed by atoms with Crippen LogP contribution in [0, 0.1) is 11.6 Å². The minimum Gasteiger partial charge on any atom is -0.501 e. The van der Waals surface area contributed by atoms with Crippen LogP contribution in [-0.4, -0.2) is 22.1 Å². The molecule has 0 fully saturated rings. The van der Waals surface area contributed by atoms with Gasteiger partial charge in [-0.05, 0) is 19.1 Å². The van der Waals surface area contributed by atoms with Gasteiger partial charge in [-0.3, -0.25) is 10.1 Å². The lowest BCUT2D eigenvalue weighted by molar-refractivity contribution is -0.131. The molecule has 0 aromatic heterocycles. The molecular weight excluding hydrogens is 276 g/mol. The molecule has 1 heterocycles. The van der Waals surface area contributed by atoms with E-state index in [1.165, 1.54) is 6.92 Å². The summed E-state index contributed by atoms with van der Waals surface area (Å²) < 4.78 is 31.2. The molecule has 1 aromatic rings. The molecule has 3 N–H and O–H groups in total. The van der Waals surface area contributed by atoms with Crippen molar-refractivity contribution in [1.29, 1.82) is 0 Å². The quantitative estimate of drug-likeness (QED) is 0.769. The van der Waals surface area contributed by atoms with E-state index >= 15 is 0 Å². The highest BCUT2D eigenvalue weighted by Crippen LogP contribution is 2.37. The summed E-state index contributed by atoms with van der Waals surface area (Å²) in [6.45, 7) is 1.20. The molecule has 6 nitrogen and oxygen atoms in total. The normalized spacial score (nSPS) is 21.9. The summed E-state index contributed by atoms with van der Waals surface area (Å²) in [6, 6.07) is 2.64. The molecule has 8 heteroatoms. The fraction of sp³-hybridized carbons (Fsp3) is 0.167. The number of halogens is 2. The van der Waals surface area contributed by atoms with Crippen molar-refractivity contribution in [2.75, 3.05) is 0 Å². The zero-order valence-electron chi connectivity index (χ0n) is 10.1. The molecule has 1 atom stereocenters. The molecule has 1 aliphatic heterocycles. The first-order chi connectivity index (χ1) is 9.25. The van der Waals surface area contributed by atoms with Gasteiger partial charge in [0.2, 0.25) is 11.6 Å². The predicted octanol–water partition coefficient (Wildman–Crippen LogP) is 1.77. The molecule has 1 aliphatic rings. The number of aliphatic hydroxyl groups is 1. The van der Waals surface area contributed by atoms with Gasteiger partial charge in [-0.25, -0.2) is 13.6 Å². The van der Waals surface area contributed by atoms with E-state index in [1.54, 1.807) is 5.32 Å². The molecule has 0 saturated carbocycles. The maximum atomic E-state index is 13.2. The van der Waals surface area contributed by atoms with Crippen LogP contribution >= 0.6 is 0 Å². The minimum atomic E-state index is -1.84. The van der Waals surface area contributed by atoms with E-state index in [1.807, 2.05) is 0 Å². The van der Waals surface area contributed by atoms with Gasteiger partial charge >= 0.3 is 6.09 Å². The predicted molar refractivity (Wildman–Crippen MR) is 60.6 cm³/mol. The number of hydrogen-bond acceptors (Lipinski definition) is 4. The Morgan fingerprint density at radius 3 is 2.55 bits per heavy atom. The molecular formula is C12H9F2NO5. The number of carboxylic acid groups (broad SMARTS) is 1. The third kappa shape index (κ3) is 2.04. The summed E-state index contributed by atoms with van der Waals surface area (Å²) >= 11 is 0. The number of ether oxygens (including phenoxy) is 1. The van der Waals surface area contributed by atoms with Gasteiger partial charge in [0.05, 0.1) is 0 Å². The van der Waals surface area contributed by atoms with E-state index < -0.39 is 40.8 Å². The van der Waals surface area contributed by atoms with Crippen LogP contribution < -0.4 is 5.32 Å². The maximum absolute atomic E-state index is 13.2. The van der Waals surface area contributed by atoms with E-state index in [9.17, 15) is 23.5 Å². The van der Waals surface area contributed by atoms with Crippen molar-refractivity contribution in [3.05, 3.63) is 47.0 Å². The van der Waals surface area contributed by atoms with Crippen LogP contribution in [0.15, 0.2) is 29.8 Å². The third-order valence-electron chi connectivity index (χ3n) is 2.86. The lowest BCUT2D eigenvalue weighted by Gasteiger charge is -2.23.